The second-order valence-corrected chi connectivity index (χ2v) is 8.23. The largest absolute Gasteiger partial charge is 0.493 e. The first-order valence-electron chi connectivity index (χ1n) is 8.55. The fourth-order valence-electron chi connectivity index (χ4n) is 2.92. The molecule has 1 unspecified atom stereocenters. The van der Waals surface area contributed by atoms with E-state index in [1.165, 1.54) is 4.88 Å². The maximum Gasteiger partial charge on any atom is 0.246 e. The highest BCUT2D eigenvalue weighted by molar-refractivity contribution is 7.99. The number of benzene rings is 1. The molecule has 26 heavy (non-hydrogen) atoms. The molecule has 1 saturated heterocycles. The molecule has 0 bridgehead atoms. The summed E-state index contributed by atoms with van der Waals surface area (Å²) < 4.78 is 10.5. The van der Waals surface area contributed by atoms with Gasteiger partial charge in [-0.15, -0.1) is 11.3 Å². The lowest BCUT2D eigenvalue weighted by Gasteiger charge is -2.18. The van der Waals surface area contributed by atoms with Crippen molar-refractivity contribution in [3.05, 3.63) is 52.2 Å². The predicted molar refractivity (Wildman–Crippen MR) is 109 cm³/mol. The Morgan fingerprint density at radius 1 is 1.19 bits per heavy atom. The van der Waals surface area contributed by atoms with Crippen LogP contribution in [0.2, 0.25) is 0 Å². The van der Waals surface area contributed by atoms with Crippen LogP contribution in [0.4, 0.5) is 0 Å². The SMILES string of the molecule is COc1ccc(/C=C/C(=O)N2CCSC(c3cccs3)CC2)cc1OC. The van der Waals surface area contributed by atoms with E-state index in [4.69, 9.17) is 9.47 Å². The van der Waals surface area contributed by atoms with Gasteiger partial charge in [0.05, 0.1) is 14.2 Å². The van der Waals surface area contributed by atoms with Crippen LogP contribution in [0.15, 0.2) is 41.8 Å². The van der Waals surface area contributed by atoms with Crippen molar-refractivity contribution >= 4 is 35.1 Å². The number of nitrogens with zero attached hydrogens (tertiary/aromatic N) is 1. The Kier molecular flexibility index (Phi) is 6.63. The quantitative estimate of drug-likeness (QED) is 0.707. The zero-order valence-electron chi connectivity index (χ0n) is 15.0. The van der Waals surface area contributed by atoms with Crippen LogP contribution >= 0.6 is 23.1 Å². The molecule has 1 amide bonds. The van der Waals surface area contributed by atoms with Crippen molar-refractivity contribution in [2.45, 2.75) is 11.7 Å². The average Bonchev–Trinajstić information content (AvgIpc) is 3.10. The van der Waals surface area contributed by atoms with Crippen LogP contribution in [-0.4, -0.2) is 43.9 Å². The summed E-state index contributed by atoms with van der Waals surface area (Å²) in [7, 11) is 3.22. The molecule has 1 aliphatic rings. The zero-order valence-corrected chi connectivity index (χ0v) is 16.6. The first kappa shape index (κ1) is 18.9. The van der Waals surface area contributed by atoms with E-state index in [0.717, 1.165) is 30.8 Å². The van der Waals surface area contributed by atoms with Gasteiger partial charge in [-0.3, -0.25) is 4.79 Å². The van der Waals surface area contributed by atoms with E-state index in [1.54, 1.807) is 31.6 Å². The topological polar surface area (TPSA) is 38.8 Å². The van der Waals surface area contributed by atoms with Crippen molar-refractivity contribution in [2.75, 3.05) is 33.1 Å². The number of rotatable bonds is 5. The Hall–Kier alpha value is -1.92. The summed E-state index contributed by atoms with van der Waals surface area (Å²) in [5, 5.41) is 2.62. The number of carbonyl (C=O) groups excluding carboxylic acids is 1. The summed E-state index contributed by atoms with van der Waals surface area (Å²) in [6, 6.07) is 9.91. The number of methoxy groups -OCH3 is 2. The smallest absolute Gasteiger partial charge is 0.246 e. The molecule has 1 atom stereocenters. The summed E-state index contributed by atoms with van der Waals surface area (Å²) in [5.41, 5.74) is 0.914. The standard InChI is InChI=1S/C20H23NO3S2/c1-23-16-7-5-15(14-17(16)24-2)6-8-20(22)21-10-9-19(26-13-11-21)18-4-3-12-25-18/h3-8,12,14,19H,9-11,13H2,1-2H3/b8-6+. The van der Waals surface area contributed by atoms with Gasteiger partial charge >= 0.3 is 0 Å². The Morgan fingerprint density at radius 3 is 2.77 bits per heavy atom. The van der Waals surface area contributed by atoms with Crippen LogP contribution in [0, 0.1) is 0 Å². The van der Waals surface area contributed by atoms with Crippen molar-refractivity contribution in [2.24, 2.45) is 0 Å². The fourth-order valence-corrected chi connectivity index (χ4v) is 5.16. The summed E-state index contributed by atoms with van der Waals surface area (Å²) in [5.74, 6) is 2.37. The van der Waals surface area contributed by atoms with E-state index in [1.807, 2.05) is 40.9 Å². The van der Waals surface area contributed by atoms with Gasteiger partial charge < -0.3 is 14.4 Å². The number of thiophene rings is 1. The molecule has 1 aliphatic heterocycles. The molecule has 4 nitrogen and oxygen atoms in total. The lowest BCUT2D eigenvalue weighted by atomic mass is 10.2. The van der Waals surface area contributed by atoms with Gasteiger partial charge in [-0.2, -0.15) is 11.8 Å². The summed E-state index contributed by atoms with van der Waals surface area (Å²) >= 11 is 3.75. The molecule has 1 aromatic carbocycles. The van der Waals surface area contributed by atoms with E-state index in [2.05, 4.69) is 17.5 Å². The van der Waals surface area contributed by atoms with Crippen molar-refractivity contribution in [3.8, 4) is 11.5 Å². The molecule has 6 heteroatoms. The molecule has 0 aliphatic carbocycles. The molecule has 0 spiro atoms. The van der Waals surface area contributed by atoms with Gasteiger partial charge in [-0.1, -0.05) is 12.1 Å². The van der Waals surface area contributed by atoms with Gasteiger partial charge in [0.15, 0.2) is 11.5 Å². The van der Waals surface area contributed by atoms with Gasteiger partial charge in [0.1, 0.15) is 0 Å². The van der Waals surface area contributed by atoms with Gasteiger partial charge in [-0.05, 0) is 41.6 Å². The van der Waals surface area contributed by atoms with E-state index in [-0.39, 0.29) is 5.91 Å². The number of hydrogen-bond donors (Lipinski definition) is 0. The minimum absolute atomic E-state index is 0.0622. The Bertz CT molecular complexity index is 758. The lowest BCUT2D eigenvalue weighted by Crippen LogP contribution is -2.31. The van der Waals surface area contributed by atoms with Crippen LogP contribution in [-0.2, 0) is 4.79 Å². The number of ether oxygens (including phenoxy) is 2. The second-order valence-electron chi connectivity index (χ2n) is 5.94. The van der Waals surface area contributed by atoms with Crippen molar-refractivity contribution in [3.63, 3.8) is 0 Å². The number of carbonyl (C=O) groups is 1. The Labute approximate surface area is 162 Å². The Balaban J connectivity index is 1.61. The van der Waals surface area contributed by atoms with Crippen LogP contribution in [0.3, 0.4) is 0 Å². The molecule has 2 heterocycles. The average molecular weight is 390 g/mol. The summed E-state index contributed by atoms with van der Waals surface area (Å²) in [6.07, 6.45) is 4.48. The lowest BCUT2D eigenvalue weighted by molar-refractivity contribution is -0.125. The number of thioether (sulfide) groups is 1. The third-order valence-corrected chi connectivity index (χ3v) is 6.79. The van der Waals surface area contributed by atoms with Gasteiger partial charge in [0, 0.05) is 35.0 Å². The molecule has 138 valence electrons. The summed E-state index contributed by atoms with van der Waals surface area (Å²) in [4.78, 5) is 15.9. The van der Waals surface area contributed by atoms with Crippen LogP contribution in [0.5, 0.6) is 11.5 Å². The first-order valence-corrected chi connectivity index (χ1v) is 10.5. The molecule has 1 fully saturated rings. The van der Waals surface area contributed by atoms with Crippen molar-refractivity contribution in [1.82, 2.24) is 4.90 Å². The molecule has 0 saturated carbocycles. The normalized spacial score (nSPS) is 17.9. The highest BCUT2D eigenvalue weighted by Crippen LogP contribution is 2.36. The molecule has 3 rings (SSSR count). The molecular formula is C20H23NO3S2. The number of amides is 1. The van der Waals surface area contributed by atoms with Gasteiger partial charge in [0.25, 0.3) is 0 Å². The number of hydrogen-bond acceptors (Lipinski definition) is 5. The minimum atomic E-state index is 0.0622. The molecular weight excluding hydrogens is 366 g/mol. The second kappa shape index (κ2) is 9.14. The molecule has 0 N–H and O–H groups in total. The third kappa shape index (κ3) is 4.62. The molecule has 0 radical (unpaired) electrons. The van der Waals surface area contributed by atoms with Crippen molar-refractivity contribution < 1.29 is 14.3 Å². The first-order chi connectivity index (χ1) is 12.7. The molecule has 2 aromatic rings. The van der Waals surface area contributed by atoms with E-state index in [9.17, 15) is 4.79 Å². The maximum absolute atomic E-state index is 12.6. The van der Waals surface area contributed by atoms with Crippen LogP contribution in [0.25, 0.3) is 6.08 Å². The minimum Gasteiger partial charge on any atom is -0.493 e. The molecule has 1 aromatic heterocycles. The van der Waals surface area contributed by atoms with Gasteiger partial charge in [-0.25, -0.2) is 0 Å². The van der Waals surface area contributed by atoms with Crippen LogP contribution < -0.4 is 9.47 Å². The van der Waals surface area contributed by atoms with E-state index >= 15 is 0 Å². The predicted octanol–water partition coefficient (Wildman–Crippen LogP) is 4.49. The monoisotopic (exact) mass is 389 g/mol. The summed E-state index contributed by atoms with van der Waals surface area (Å²) in [6.45, 7) is 1.59. The highest BCUT2D eigenvalue weighted by Gasteiger charge is 2.21. The van der Waals surface area contributed by atoms with E-state index < -0.39 is 0 Å². The van der Waals surface area contributed by atoms with Crippen molar-refractivity contribution in [1.29, 1.82) is 0 Å². The third-order valence-electron chi connectivity index (χ3n) is 4.34. The zero-order chi connectivity index (χ0) is 18.4. The fraction of sp³-hybridized carbons (Fsp3) is 0.350. The van der Waals surface area contributed by atoms with E-state index in [0.29, 0.717) is 16.7 Å². The highest BCUT2D eigenvalue weighted by atomic mass is 32.2. The van der Waals surface area contributed by atoms with Crippen LogP contribution in [0.1, 0.15) is 22.1 Å². The van der Waals surface area contributed by atoms with Gasteiger partial charge in [0.2, 0.25) is 5.91 Å². The maximum atomic E-state index is 12.6. The Morgan fingerprint density at radius 2 is 2.04 bits per heavy atom.